The Labute approximate surface area is 111 Å². The summed E-state index contributed by atoms with van der Waals surface area (Å²) >= 11 is 0. The smallest absolute Gasteiger partial charge is 0.320 e. The number of carboxylic acids is 1. The molecule has 0 spiro atoms. The number of aliphatic carboxylic acids is 1. The van der Waals surface area contributed by atoms with E-state index in [1.54, 1.807) is 29.2 Å². The number of nitrogens with one attached hydrogen (secondary N) is 1. The van der Waals surface area contributed by atoms with Crippen LogP contribution in [0.2, 0.25) is 0 Å². The maximum Gasteiger partial charge on any atom is 0.320 e. The lowest BCUT2D eigenvalue weighted by Gasteiger charge is -2.24. The SMILES string of the molecule is CC1CN(C(=O)N(C)Cc2cn[nH]c2)CC1C(=O)O. The molecule has 0 saturated carbocycles. The predicted molar refractivity (Wildman–Crippen MR) is 67.3 cm³/mol. The molecule has 2 unspecified atom stereocenters. The van der Waals surface area contributed by atoms with E-state index in [9.17, 15) is 9.59 Å². The van der Waals surface area contributed by atoms with Gasteiger partial charge in [-0.3, -0.25) is 9.89 Å². The molecule has 7 nitrogen and oxygen atoms in total. The van der Waals surface area contributed by atoms with Gasteiger partial charge in [-0.2, -0.15) is 5.10 Å². The number of carbonyl (C=O) groups is 2. The molecule has 0 aromatic carbocycles. The zero-order valence-corrected chi connectivity index (χ0v) is 11.0. The monoisotopic (exact) mass is 266 g/mol. The number of likely N-dealkylation sites (tertiary alicyclic amines) is 1. The van der Waals surface area contributed by atoms with Crippen LogP contribution in [-0.4, -0.2) is 57.2 Å². The van der Waals surface area contributed by atoms with Crippen LogP contribution in [0.1, 0.15) is 12.5 Å². The molecular weight excluding hydrogens is 248 g/mol. The molecular formula is C12H18N4O3. The van der Waals surface area contributed by atoms with Crippen molar-refractivity contribution >= 4 is 12.0 Å². The predicted octanol–water partition coefficient (Wildman–Crippen LogP) is 0.614. The van der Waals surface area contributed by atoms with E-state index in [2.05, 4.69) is 10.2 Å². The van der Waals surface area contributed by atoms with E-state index in [-0.39, 0.29) is 18.5 Å². The molecule has 1 aliphatic rings. The fourth-order valence-electron chi connectivity index (χ4n) is 2.39. The van der Waals surface area contributed by atoms with Crippen molar-refractivity contribution in [2.45, 2.75) is 13.5 Å². The molecule has 2 atom stereocenters. The molecule has 2 N–H and O–H groups in total. The topological polar surface area (TPSA) is 89.5 Å². The standard InChI is InChI=1S/C12H18N4O3/c1-8-5-16(7-10(8)11(17)18)12(19)15(2)6-9-3-13-14-4-9/h3-4,8,10H,5-7H2,1-2H3,(H,13,14)(H,17,18). The highest BCUT2D eigenvalue weighted by atomic mass is 16.4. The minimum atomic E-state index is -0.833. The number of carboxylic acid groups (broad SMARTS) is 1. The van der Waals surface area contributed by atoms with E-state index in [0.717, 1.165) is 5.56 Å². The lowest BCUT2D eigenvalue weighted by atomic mass is 9.99. The van der Waals surface area contributed by atoms with E-state index in [4.69, 9.17) is 5.11 Å². The van der Waals surface area contributed by atoms with Gasteiger partial charge in [0.15, 0.2) is 0 Å². The Morgan fingerprint density at radius 1 is 1.58 bits per heavy atom. The van der Waals surface area contributed by atoms with Crippen LogP contribution in [0, 0.1) is 11.8 Å². The third-order valence-corrected chi connectivity index (χ3v) is 3.50. The van der Waals surface area contributed by atoms with Crippen LogP contribution in [0.15, 0.2) is 12.4 Å². The second-order valence-corrected chi connectivity index (χ2v) is 5.07. The summed E-state index contributed by atoms with van der Waals surface area (Å²) in [6.07, 6.45) is 3.40. The lowest BCUT2D eigenvalue weighted by Crippen LogP contribution is -2.39. The summed E-state index contributed by atoms with van der Waals surface area (Å²) in [5, 5.41) is 15.6. The van der Waals surface area contributed by atoms with E-state index >= 15 is 0 Å². The zero-order valence-electron chi connectivity index (χ0n) is 11.0. The molecule has 1 aromatic rings. The Bertz CT molecular complexity index is 460. The average Bonchev–Trinajstić information content (AvgIpc) is 2.97. The average molecular weight is 266 g/mol. The molecule has 7 heteroatoms. The normalized spacial score (nSPS) is 22.5. The van der Waals surface area contributed by atoms with Crippen molar-refractivity contribution in [2.24, 2.45) is 11.8 Å². The van der Waals surface area contributed by atoms with Gasteiger partial charge in [-0.25, -0.2) is 4.79 Å². The van der Waals surface area contributed by atoms with Crippen molar-refractivity contribution in [3.63, 3.8) is 0 Å². The highest BCUT2D eigenvalue weighted by molar-refractivity contribution is 5.77. The number of amides is 2. The second kappa shape index (κ2) is 5.29. The number of aromatic nitrogens is 2. The van der Waals surface area contributed by atoms with Gasteiger partial charge in [-0.1, -0.05) is 6.92 Å². The third-order valence-electron chi connectivity index (χ3n) is 3.50. The van der Waals surface area contributed by atoms with E-state index in [1.807, 2.05) is 6.92 Å². The Morgan fingerprint density at radius 3 is 2.84 bits per heavy atom. The maximum atomic E-state index is 12.2. The Hall–Kier alpha value is -2.05. The van der Waals surface area contributed by atoms with Crippen molar-refractivity contribution in [1.82, 2.24) is 20.0 Å². The van der Waals surface area contributed by atoms with Gasteiger partial charge >= 0.3 is 12.0 Å². The van der Waals surface area contributed by atoms with Crippen LogP contribution in [0.5, 0.6) is 0 Å². The van der Waals surface area contributed by atoms with Gasteiger partial charge in [-0.15, -0.1) is 0 Å². The highest BCUT2D eigenvalue weighted by Gasteiger charge is 2.37. The van der Waals surface area contributed by atoms with Gasteiger partial charge in [0.05, 0.1) is 18.7 Å². The first-order valence-corrected chi connectivity index (χ1v) is 6.19. The van der Waals surface area contributed by atoms with Crippen LogP contribution in [0.4, 0.5) is 4.79 Å². The molecule has 1 aliphatic heterocycles. The molecule has 0 aliphatic carbocycles. The number of hydrogen-bond acceptors (Lipinski definition) is 3. The molecule has 1 saturated heterocycles. The third kappa shape index (κ3) is 2.86. The quantitative estimate of drug-likeness (QED) is 0.839. The molecule has 19 heavy (non-hydrogen) atoms. The molecule has 1 fully saturated rings. The van der Waals surface area contributed by atoms with Crippen LogP contribution in [0.3, 0.4) is 0 Å². The summed E-state index contributed by atoms with van der Waals surface area (Å²) in [4.78, 5) is 26.4. The Balaban J connectivity index is 1.95. The molecule has 0 bridgehead atoms. The van der Waals surface area contributed by atoms with Gasteiger partial charge in [0.1, 0.15) is 0 Å². The van der Waals surface area contributed by atoms with E-state index < -0.39 is 11.9 Å². The van der Waals surface area contributed by atoms with Gasteiger partial charge in [0.25, 0.3) is 0 Å². The molecule has 0 radical (unpaired) electrons. The minimum absolute atomic E-state index is 0.0104. The summed E-state index contributed by atoms with van der Waals surface area (Å²) in [6, 6.07) is -0.142. The van der Waals surface area contributed by atoms with Gasteiger partial charge in [0, 0.05) is 31.9 Å². The number of H-pyrrole nitrogens is 1. The fraction of sp³-hybridized carbons (Fsp3) is 0.583. The van der Waals surface area contributed by atoms with Crippen molar-refractivity contribution in [2.75, 3.05) is 20.1 Å². The molecule has 2 heterocycles. The van der Waals surface area contributed by atoms with Gasteiger partial charge < -0.3 is 14.9 Å². The zero-order chi connectivity index (χ0) is 14.0. The number of nitrogens with zero attached hydrogens (tertiary/aromatic N) is 3. The second-order valence-electron chi connectivity index (χ2n) is 5.07. The number of urea groups is 1. The first kappa shape index (κ1) is 13.4. The number of aromatic amines is 1. The fourth-order valence-corrected chi connectivity index (χ4v) is 2.39. The van der Waals surface area contributed by atoms with Crippen LogP contribution >= 0.6 is 0 Å². The van der Waals surface area contributed by atoms with Crippen molar-refractivity contribution in [1.29, 1.82) is 0 Å². The maximum absolute atomic E-state index is 12.2. The molecule has 2 rings (SSSR count). The van der Waals surface area contributed by atoms with Crippen LogP contribution in [0.25, 0.3) is 0 Å². The Morgan fingerprint density at radius 2 is 2.32 bits per heavy atom. The number of hydrogen-bond donors (Lipinski definition) is 2. The molecule has 104 valence electrons. The summed E-state index contributed by atoms with van der Waals surface area (Å²) in [5.41, 5.74) is 0.915. The van der Waals surface area contributed by atoms with E-state index in [0.29, 0.717) is 13.1 Å². The van der Waals surface area contributed by atoms with E-state index in [1.165, 1.54) is 0 Å². The summed E-state index contributed by atoms with van der Waals surface area (Å²) in [7, 11) is 1.70. The van der Waals surface area contributed by atoms with Crippen LogP contribution < -0.4 is 0 Å². The van der Waals surface area contributed by atoms with Gasteiger partial charge in [-0.05, 0) is 5.92 Å². The molecule has 2 amide bonds. The lowest BCUT2D eigenvalue weighted by molar-refractivity contribution is -0.142. The Kier molecular flexibility index (Phi) is 3.73. The number of rotatable bonds is 3. The van der Waals surface area contributed by atoms with Crippen LogP contribution in [-0.2, 0) is 11.3 Å². The van der Waals surface area contributed by atoms with Gasteiger partial charge in [0.2, 0.25) is 0 Å². The summed E-state index contributed by atoms with van der Waals surface area (Å²) in [6.45, 7) is 3.09. The first-order chi connectivity index (χ1) is 8.99. The van der Waals surface area contributed by atoms with Crippen molar-refractivity contribution in [3.05, 3.63) is 18.0 Å². The molecule has 1 aromatic heterocycles. The largest absolute Gasteiger partial charge is 0.481 e. The highest BCUT2D eigenvalue weighted by Crippen LogP contribution is 2.24. The first-order valence-electron chi connectivity index (χ1n) is 6.19. The number of carbonyl (C=O) groups excluding carboxylic acids is 1. The van der Waals surface area contributed by atoms with Crippen molar-refractivity contribution in [3.8, 4) is 0 Å². The minimum Gasteiger partial charge on any atom is -0.481 e. The van der Waals surface area contributed by atoms with Crippen molar-refractivity contribution < 1.29 is 14.7 Å². The summed E-state index contributed by atoms with van der Waals surface area (Å²) < 4.78 is 0. The summed E-state index contributed by atoms with van der Waals surface area (Å²) in [5.74, 6) is -1.31.